The number of hydrogen-bond acceptors (Lipinski definition) is 5. The Bertz CT molecular complexity index is 999. The van der Waals surface area contributed by atoms with Gasteiger partial charge in [0.2, 0.25) is 5.75 Å². The number of nitriles is 1. The fraction of sp³-hybridized carbons (Fsp3) is 0.111. The van der Waals surface area contributed by atoms with Gasteiger partial charge in [-0.2, -0.15) is 5.26 Å². The fourth-order valence-corrected chi connectivity index (χ4v) is 3.30. The van der Waals surface area contributed by atoms with Crippen LogP contribution in [0.25, 0.3) is 6.08 Å². The van der Waals surface area contributed by atoms with Crippen LogP contribution in [0.2, 0.25) is 5.02 Å². The second-order valence-electron chi connectivity index (χ2n) is 5.35. The number of carbonyl (C=O) groups is 1. The highest BCUT2D eigenvalue weighted by atomic mass is 127. The molecule has 27 heavy (non-hydrogen) atoms. The zero-order valence-electron chi connectivity index (χ0n) is 14.2. The molecule has 0 atom stereocenters. The van der Waals surface area contributed by atoms with E-state index in [2.05, 4.69) is 5.32 Å². The van der Waals surface area contributed by atoms with Crippen LogP contribution in [0.5, 0.6) is 5.75 Å². The lowest BCUT2D eigenvalue weighted by molar-refractivity contribution is -0.385. The van der Waals surface area contributed by atoms with Gasteiger partial charge in [0.1, 0.15) is 11.6 Å². The lowest BCUT2D eigenvalue weighted by atomic mass is 10.1. The van der Waals surface area contributed by atoms with E-state index in [4.69, 9.17) is 16.3 Å². The molecule has 0 radical (unpaired) electrons. The molecule has 0 saturated heterocycles. The summed E-state index contributed by atoms with van der Waals surface area (Å²) in [4.78, 5) is 23.1. The van der Waals surface area contributed by atoms with Gasteiger partial charge in [0.15, 0.2) is 0 Å². The maximum Gasteiger partial charge on any atom is 0.312 e. The Morgan fingerprint density at radius 2 is 2.15 bits per heavy atom. The third-order valence-corrected chi connectivity index (χ3v) is 4.85. The molecule has 0 unspecified atom stereocenters. The number of amides is 1. The number of nitro groups is 1. The van der Waals surface area contributed by atoms with Crippen molar-refractivity contribution in [3.8, 4) is 11.8 Å². The highest BCUT2D eigenvalue weighted by molar-refractivity contribution is 14.1. The quantitative estimate of drug-likeness (QED) is 0.212. The molecule has 0 aliphatic rings. The number of halogens is 2. The van der Waals surface area contributed by atoms with Gasteiger partial charge in [-0.05, 0) is 64.9 Å². The smallest absolute Gasteiger partial charge is 0.312 e. The predicted molar refractivity (Wildman–Crippen MR) is 111 cm³/mol. The zero-order valence-corrected chi connectivity index (χ0v) is 17.2. The summed E-state index contributed by atoms with van der Waals surface area (Å²) in [6.07, 6.45) is 1.28. The number of anilines is 1. The standard InChI is InChI=1S/C18H13ClIN3O4/c1-10-13(19)4-3-5-15(10)22-18(24)12(9-21)6-11-7-14(20)17(27-2)16(8-11)23(25)26/h3-8H,1-2H3,(H,22,24)/b12-6+. The van der Waals surface area contributed by atoms with Crippen molar-refractivity contribution >= 4 is 57.5 Å². The minimum atomic E-state index is -0.642. The first kappa shape index (κ1) is 20.7. The van der Waals surface area contributed by atoms with Crippen molar-refractivity contribution in [2.24, 2.45) is 0 Å². The lowest BCUT2D eigenvalue weighted by Gasteiger charge is -2.09. The molecular weight excluding hydrogens is 485 g/mol. The largest absolute Gasteiger partial charge is 0.489 e. The Morgan fingerprint density at radius 3 is 2.74 bits per heavy atom. The summed E-state index contributed by atoms with van der Waals surface area (Å²) < 4.78 is 5.53. The van der Waals surface area contributed by atoms with Crippen molar-refractivity contribution in [1.82, 2.24) is 0 Å². The van der Waals surface area contributed by atoms with Gasteiger partial charge in [0.05, 0.1) is 15.6 Å². The molecule has 0 heterocycles. The average molecular weight is 498 g/mol. The van der Waals surface area contributed by atoms with E-state index < -0.39 is 10.8 Å². The van der Waals surface area contributed by atoms with Crippen LogP contribution in [-0.2, 0) is 4.79 Å². The van der Waals surface area contributed by atoms with E-state index >= 15 is 0 Å². The second kappa shape index (κ2) is 8.83. The monoisotopic (exact) mass is 497 g/mol. The minimum Gasteiger partial charge on any atom is -0.489 e. The van der Waals surface area contributed by atoms with Gasteiger partial charge in [0, 0.05) is 16.8 Å². The number of nitro benzene ring substituents is 1. The van der Waals surface area contributed by atoms with Gasteiger partial charge in [-0.15, -0.1) is 0 Å². The number of carbonyl (C=O) groups excluding carboxylic acids is 1. The van der Waals surface area contributed by atoms with E-state index in [1.807, 2.05) is 28.7 Å². The summed E-state index contributed by atoms with van der Waals surface area (Å²) in [6, 6.07) is 9.67. The molecular formula is C18H13ClIN3O4. The van der Waals surface area contributed by atoms with E-state index in [-0.39, 0.29) is 17.0 Å². The molecule has 0 aromatic heterocycles. The molecule has 2 aromatic rings. The number of hydrogen-bond donors (Lipinski definition) is 1. The first-order chi connectivity index (χ1) is 12.8. The van der Waals surface area contributed by atoms with Crippen molar-refractivity contribution in [1.29, 1.82) is 5.26 Å². The van der Waals surface area contributed by atoms with Crippen molar-refractivity contribution in [3.05, 3.63) is 65.7 Å². The number of nitrogens with one attached hydrogen (secondary N) is 1. The number of ether oxygens (including phenoxy) is 1. The Morgan fingerprint density at radius 1 is 1.44 bits per heavy atom. The third-order valence-electron chi connectivity index (χ3n) is 3.64. The van der Waals surface area contributed by atoms with Crippen LogP contribution < -0.4 is 10.1 Å². The van der Waals surface area contributed by atoms with Crippen LogP contribution in [0.15, 0.2) is 35.9 Å². The molecule has 0 saturated carbocycles. The maximum absolute atomic E-state index is 12.4. The van der Waals surface area contributed by atoms with E-state index in [0.29, 0.717) is 25.4 Å². The summed E-state index contributed by atoms with van der Waals surface area (Å²) >= 11 is 7.92. The first-order valence-electron chi connectivity index (χ1n) is 7.48. The molecule has 2 aromatic carbocycles. The average Bonchev–Trinajstić information content (AvgIpc) is 2.62. The van der Waals surface area contributed by atoms with Crippen LogP contribution >= 0.6 is 34.2 Å². The number of methoxy groups -OCH3 is 1. The Balaban J connectivity index is 2.41. The molecule has 0 bridgehead atoms. The van der Waals surface area contributed by atoms with Crippen LogP contribution in [0, 0.1) is 31.9 Å². The van der Waals surface area contributed by atoms with Crippen molar-refractivity contribution in [3.63, 3.8) is 0 Å². The van der Waals surface area contributed by atoms with Crippen LogP contribution in [0.4, 0.5) is 11.4 Å². The predicted octanol–water partition coefficient (Wildman–Crippen LogP) is 4.72. The summed E-state index contributed by atoms with van der Waals surface area (Å²) in [5.41, 5.74) is 1.02. The molecule has 0 aliphatic carbocycles. The summed E-state index contributed by atoms with van der Waals surface area (Å²) in [6.45, 7) is 1.74. The molecule has 9 heteroatoms. The van der Waals surface area contributed by atoms with Crippen LogP contribution in [0.3, 0.4) is 0 Å². The van der Waals surface area contributed by atoms with E-state index in [9.17, 15) is 20.2 Å². The number of rotatable bonds is 5. The number of benzene rings is 2. The number of nitrogens with zero attached hydrogens (tertiary/aromatic N) is 2. The maximum atomic E-state index is 12.4. The van der Waals surface area contributed by atoms with Gasteiger partial charge in [-0.1, -0.05) is 17.7 Å². The summed E-state index contributed by atoms with van der Waals surface area (Å²) in [5, 5.41) is 23.7. The normalized spacial score (nSPS) is 10.9. The second-order valence-corrected chi connectivity index (χ2v) is 6.92. The highest BCUT2D eigenvalue weighted by Crippen LogP contribution is 2.34. The molecule has 2 rings (SSSR count). The first-order valence-corrected chi connectivity index (χ1v) is 8.94. The molecule has 138 valence electrons. The highest BCUT2D eigenvalue weighted by Gasteiger charge is 2.20. The molecule has 1 N–H and O–H groups in total. The molecule has 1 amide bonds. The third kappa shape index (κ3) is 4.75. The Hall–Kier alpha value is -2.64. The fourth-order valence-electron chi connectivity index (χ4n) is 2.27. The minimum absolute atomic E-state index is 0.121. The van der Waals surface area contributed by atoms with Crippen molar-refractivity contribution in [2.75, 3.05) is 12.4 Å². The van der Waals surface area contributed by atoms with Crippen molar-refractivity contribution < 1.29 is 14.5 Å². The Labute approximate surface area is 173 Å². The summed E-state index contributed by atoms with van der Waals surface area (Å²) in [5.74, 6) is -0.522. The van der Waals surface area contributed by atoms with Gasteiger partial charge in [-0.25, -0.2) is 0 Å². The van der Waals surface area contributed by atoms with E-state index in [1.165, 1.54) is 19.3 Å². The molecule has 0 fully saturated rings. The molecule has 0 aliphatic heterocycles. The zero-order chi connectivity index (χ0) is 20.1. The van der Waals surface area contributed by atoms with Gasteiger partial charge < -0.3 is 10.1 Å². The van der Waals surface area contributed by atoms with E-state index in [0.717, 1.165) is 0 Å². The topological polar surface area (TPSA) is 105 Å². The van der Waals surface area contributed by atoms with E-state index in [1.54, 1.807) is 31.2 Å². The van der Waals surface area contributed by atoms with Gasteiger partial charge in [0.25, 0.3) is 5.91 Å². The molecule has 0 spiro atoms. The van der Waals surface area contributed by atoms with Gasteiger partial charge in [-0.3, -0.25) is 14.9 Å². The molecule has 7 nitrogen and oxygen atoms in total. The van der Waals surface area contributed by atoms with Crippen molar-refractivity contribution in [2.45, 2.75) is 6.92 Å². The lowest BCUT2D eigenvalue weighted by Crippen LogP contribution is -2.14. The van der Waals surface area contributed by atoms with Gasteiger partial charge >= 0.3 is 5.69 Å². The Kier molecular flexibility index (Phi) is 6.76. The summed E-state index contributed by atoms with van der Waals surface area (Å²) in [7, 11) is 1.33. The SMILES string of the molecule is COc1c(I)cc(/C=C(\C#N)C(=O)Nc2cccc(Cl)c2C)cc1[N+](=O)[O-]. The van der Waals surface area contributed by atoms with Crippen LogP contribution in [0.1, 0.15) is 11.1 Å². The van der Waals surface area contributed by atoms with Crippen LogP contribution in [-0.4, -0.2) is 17.9 Å².